The lowest BCUT2D eigenvalue weighted by Crippen LogP contribution is -2.34. The van der Waals surface area contributed by atoms with Crippen LogP contribution in [0.1, 0.15) is 37.8 Å². The van der Waals surface area contributed by atoms with Crippen LogP contribution in [0.15, 0.2) is 59.5 Å². The molecule has 0 bridgehead atoms. The predicted molar refractivity (Wildman–Crippen MR) is 177 cm³/mol. The second-order valence-electron chi connectivity index (χ2n) is 10.1. The minimum Gasteiger partial charge on any atom is -0.497 e. The Morgan fingerprint density at radius 3 is 2.29 bits per heavy atom. The van der Waals surface area contributed by atoms with Gasteiger partial charge in [-0.2, -0.15) is 30.4 Å². The molecule has 0 unspecified atom stereocenters. The molecule has 12 heteroatoms. The maximum absolute atomic E-state index is 11.7. The lowest BCUT2D eigenvalue weighted by molar-refractivity contribution is 0.114. The number of hydrogen-bond acceptors (Lipinski definition) is 9. The van der Waals surface area contributed by atoms with E-state index in [0.29, 0.717) is 13.2 Å². The van der Waals surface area contributed by atoms with Crippen LogP contribution in [0.2, 0.25) is 0 Å². The van der Waals surface area contributed by atoms with Gasteiger partial charge < -0.3 is 19.7 Å². The van der Waals surface area contributed by atoms with Crippen molar-refractivity contribution in [1.29, 1.82) is 0 Å². The minimum atomic E-state index is -3.78. The summed E-state index contributed by atoms with van der Waals surface area (Å²) in [4.78, 5) is 2.54. The monoisotopic (exact) mass is 635 g/mol. The Balaban J connectivity index is 1.48. The maximum atomic E-state index is 11.7. The summed E-state index contributed by atoms with van der Waals surface area (Å²) in [6.45, 7) is 6.21. The molecule has 3 rings (SSSR count). The van der Waals surface area contributed by atoms with Gasteiger partial charge in [0.2, 0.25) is 10.0 Å². The molecule has 0 saturated carbocycles. The fourth-order valence-electron chi connectivity index (χ4n) is 4.61. The Morgan fingerprint density at radius 1 is 0.905 bits per heavy atom. The third-order valence-corrected chi connectivity index (χ3v) is 8.23. The van der Waals surface area contributed by atoms with Crippen molar-refractivity contribution in [3.8, 4) is 22.7 Å². The minimum absolute atomic E-state index is 0.0557. The van der Waals surface area contributed by atoms with Crippen molar-refractivity contribution in [3.63, 3.8) is 0 Å². The number of hydrogen-bond donors (Lipinski definition) is 4. The standard InChI is InChI=1S/C30H45N5O4S3/c1-38-28-11-7-25(8-12-28)30-23-26(33-35(30)27-9-13-29(14-10-27)42(31,36)37)24-39-20-6-4-2-3-5-17-34(19-22-41)18-15-32-16-21-40/h7-14,23,32,40-41H,2-6,15-22,24H2,1H3,(H2,31,36,37). The van der Waals surface area contributed by atoms with E-state index in [1.54, 1.807) is 23.9 Å². The van der Waals surface area contributed by atoms with Gasteiger partial charge in [0.05, 0.1) is 35.7 Å². The van der Waals surface area contributed by atoms with Crippen molar-refractivity contribution >= 4 is 35.3 Å². The van der Waals surface area contributed by atoms with E-state index in [9.17, 15) is 8.42 Å². The second-order valence-corrected chi connectivity index (χ2v) is 12.5. The zero-order valence-corrected chi connectivity index (χ0v) is 27.1. The molecular formula is C30H45N5O4S3. The molecule has 0 radical (unpaired) electrons. The molecule has 2 aromatic carbocycles. The second kappa shape index (κ2) is 18.6. The number of nitrogens with one attached hydrogen (secondary N) is 1. The number of aromatic nitrogens is 2. The first-order valence-electron chi connectivity index (χ1n) is 14.4. The van der Waals surface area contributed by atoms with E-state index in [1.807, 2.05) is 30.3 Å². The quantitative estimate of drug-likeness (QED) is 0.101. The van der Waals surface area contributed by atoms with E-state index >= 15 is 0 Å². The Morgan fingerprint density at radius 2 is 1.62 bits per heavy atom. The molecule has 0 fully saturated rings. The highest BCUT2D eigenvalue weighted by Crippen LogP contribution is 2.27. The van der Waals surface area contributed by atoms with Gasteiger partial charge in [-0.1, -0.05) is 19.3 Å². The molecular weight excluding hydrogens is 591 g/mol. The van der Waals surface area contributed by atoms with E-state index in [2.05, 4.69) is 35.5 Å². The number of primary sulfonamides is 1. The molecule has 232 valence electrons. The summed E-state index contributed by atoms with van der Waals surface area (Å²) in [5.41, 5.74) is 3.33. The van der Waals surface area contributed by atoms with Gasteiger partial charge in [-0.3, -0.25) is 0 Å². The van der Waals surface area contributed by atoms with Gasteiger partial charge >= 0.3 is 0 Å². The van der Waals surface area contributed by atoms with Crippen LogP contribution in [0.5, 0.6) is 5.75 Å². The predicted octanol–water partition coefficient (Wildman–Crippen LogP) is 4.41. The fraction of sp³-hybridized carbons (Fsp3) is 0.500. The van der Waals surface area contributed by atoms with Crippen LogP contribution >= 0.6 is 25.3 Å². The Hall–Kier alpha value is -2.06. The van der Waals surface area contributed by atoms with Gasteiger partial charge in [0.15, 0.2) is 0 Å². The molecule has 9 nitrogen and oxygen atoms in total. The molecule has 0 aliphatic rings. The first-order chi connectivity index (χ1) is 20.4. The van der Waals surface area contributed by atoms with Gasteiger partial charge in [0.1, 0.15) is 5.75 Å². The molecule has 42 heavy (non-hydrogen) atoms. The summed E-state index contributed by atoms with van der Waals surface area (Å²) in [6, 6.07) is 16.1. The van der Waals surface area contributed by atoms with Crippen molar-refractivity contribution in [3.05, 3.63) is 60.3 Å². The molecule has 0 saturated heterocycles. The maximum Gasteiger partial charge on any atom is 0.238 e. The van der Waals surface area contributed by atoms with Crippen LogP contribution in [0.3, 0.4) is 0 Å². The van der Waals surface area contributed by atoms with E-state index < -0.39 is 10.0 Å². The number of ether oxygens (including phenoxy) is 2. The van der Waals surface area contributed by atoms with Crippen LogP contribution in [-0.2, 0) is 21.4 Å². The van der Waals surface area contributed by atoms with Crippen LogP contribution < -0.4 is 15.2 Å². The SMILES string of the molecule is COc1ccc(-c2cc(COCCCCCCCN(CCS)CCNCCS)nn2-c2ccc(S(N)(=O)=O)cc2)cc1. The van der Waals surface area contributed by atoms with Gasteiger partial charge in [0.25, 0.3) is 0 Å². The fourth-order valence-corrected chi connectivity index (χ4v) is 5.56. The topological polar surface area (TPSA) is 112 Å². The van der Waals surface area contributed by atoms with Gasteiger partial charge in [-0.05, 0) is 74.0 Å². The van der Waals surface area contributed by atoms with Crippen molar-refractivity contribution < 1.29 is 17.9 Å². The molecule has 3 N–H and O–H groups in total. The van der Waals surface area contributed by atoms with E-state index in [4.69, 9.17) is 19.7 Å². The summed E-state index contributed by atoms with van der Waals surface area (Å²) in [5, 5.41) is 13.5. The molecule has 0 spiro atoms. The van der Waals surface area contributed by atoms with E-state index in [1.165, 1.54) is 31.4 Å². The van der Waals surface area contributed by atoms with Crippen molar-refractivity contribution in [2.75, 3.05) is 57.9 Å². The summed E-state index contributed by atoms with van der Waals surface area (Å²) >= 11 is 8.64. The lowest BCUT2D eigenvalue weighted by atomic mass is 10.1. The molecule has 0 aliphatic heterocycles. The number of unbranched alkanes of at least 4 members (excludes halogenated alkanes) is 4. The van der Waals surface area contributed by atoms with Crippen LogP contribution in [0, 0.1) is 0 Å². The van der Waals surface area contributed by atoms with Crippen molar-refractivity contribution in [1.82, 2.24) is 20.0 Å². The Labute approximate surface area is 262 Å². The zero-order valence-electron chi connectivity index (χ0n) is 24.5. The zero-order chi connectivity index (χ0) is 30.2. The third kappa shape index (κ3) is 11.6. The average Bonchev–Trinajstić information content (AvgIpc) is 3.42. The van der Waals surface area contributed by atoms with Crippen LogP contribution in [0.25, 0.3) is 16.9 Å². The number of nitrogens with two attached hydrogens (primary N) is 1. The Bertz CT molecular complexity index is 1290. The summed E-state index contributed by atoms with van der Waals surface area (Å²) in [7, 11) is -2.14. The van der Waals surface area contributed by atoms with Crippen molar-refractivity contribution in [2.24, 2.45) is 5.14 Å². The number of nitrogens with zero attached hydrogens (tertiary/aromatic N) is 3. The molecule has 0 aliphatic carbocycles. The normalized spacial score (nSPS) is 11.8. The first-order valence-corrected chi connectivity index (χ1v) is 17.3. The lowest BCUT2D eigenvalue weighted by Gasteiger charge is -2.21. The highest BCUT2D eigenvalue weighted by molar-refractivity contribution is 7.89. The van der Waals surface area contributed by atoms with Gasteiger partial charge in [-0.15, -0.1) is 0 Å². The number of methoxy groups -OCH3 is 1. The van der Waals surface area contributed by atoms with E-state index in [-0.39, 0.29) is 4.90 Å². The molecule has 0 atom stereocenters. The highest BCUT2D eigenvalue weighted by atomic mass is 32.2. The number of thiol groups is 2. The number of benzene rings is 2. The highest BCUT2D eigenvalue weighted by Gasteiger charge is 2.14. The summed E-state index contributed by atoms with van der Waals surface area (Å²) in [5.74, 6) is 2.51. The summed E-state index contributed by atoms with van der Waals surface area (Å²) in [6.07, 6.45) is 5.76. The average molecular weight is 636 g/mol. The molecule has 0 amide bonds. The Kier molecular flexibility index (Phi) is 15.2. The first kappa shape index (κ1) is 34.4. The molecule has 1 heterocycles. The molecule has 1 aromatic heterocycles. The van der Waals surface area contributed by atoms with Gasteiger partial charge in [0, 0.05) is 49.9 Å². The number of sulfonamides is 1. The molecule has 3 aromatic rings. The van der Waals surface area contributed by atoms with E-state index in [0.717, 1.165) is 85.5 Å². The van der Waals surface area contributed by atoms with Crippen LogP contribution in [0.4, 0.5) is 0 Å². The van der Waals surface area contributed by atoms with Crippen molar-refractivity contribution in [2.45, 2.75) is 43.6 Å². The number of rotatable bonds is 21. The largest absolute Gasteiger partial charge is 0.497 e. The van der Waals surface area contributed by atoms with Crippen LogP contribution in [-0.4, -0.2) is 81.0 Å². The smallest absolute Gasteiger partial charge is 0.238 e. The third-order valence-electron chi connectivity index (χ3n) is 6.88. The summed E-state index contributed by atoms with van der Waals surface area (Å²) < 4.78 is 36.5. The van der Waals surface area contributed by atoms with Gasteiger partial charge in [-0.25, -0.2) is 18.2 Å².